The fourth-order valence-corrected chi connectivity index (χ4v) is 11.6. The van der Waals surface area contributed by atoms with Crippen molar-refractivity contribution in [2.45, 2.75) is 354 Å². The van der Waals surface area contributed by atoms with E-state index in [-0.39, 0.29) is 38.6 Å². The molecule has 0 spiro atoms. The first-order valence-corrected chi connectivity index (χ1v) is 40.2. The first kappa shape index (κ1) is 89.2. The van der Waals surface area contributed by atoms with Crippen molar-refractivity contribution in [3.63, 3.8) is 0 Å². The minimum absolute atomic E-state index is 0.0487. The van der Waals surface area contributed by atoms with Gasteiger partial charge in [-0.25, -0.2) is 4.57 Å². The number of carbonyl (C=O) groups is 2. The van der Waals surface area contributed by atoms with Crippen LogP contribution in [0.2, 0.25) is 0 Å². The van der Waals surface area contributed by atoms with Gasteiger partial charge in [0.05, 0.1) is 13.2 Å². The Hall–Kier alpha value is -3.85. The molecule has 0 aromatic rings. The average Bonchev–Trinajstić information content (AvgIpc) is 3.49. The Kier molecular flexibility index (Phi) is 74.0. The number of esters is 2. The predicted molar refractivity (Wildman–Crippen MR) is 404 cm³/mol. The third-order valence-electron chi connectivity index (χ3n) is 16.5. The molecule has 10 heteroatoms. The number of ether oxygens (including phenoxy) is 2. The number of hydrogen-bond acceptors (Lipinski definition) is 8. The number of nitrogens with two attached hydrogens (primary N) is 1. The summed E-state index contributed by atoms with van der Waals surface area (Å²) in [5, 5.41) is 0. The highest BCUT2D eigenvalue weighted by molar-refractivity contribution is 7.47. The lowest BCUT2D eigenvalue weighted by Crippen LogP contribution is -2.29. The van der Waals surface area contributed by atoms with E-state index in [0.717, 1.165) is 109 Å². The van der Waals surface area contributed by atoms with Crippen LogP contribution in [0.25, 0.3) is 0 Å². The number of unbranched alkanes of at least 4 members (excludes halogenated alkanes) is 37. The summed E-state index contributed by atoms with van der Waals surface area (Å²) in [5.41, 5.74) is 5.41. The Morgan fingerprint density at radius 1 is 0.333 bits per heavy atom. The first-order valence-electron chi connectivity index (χ1n) is 38.7. The van der Waals surface area contributed by atoms with Crippen molar-refractivity contribution in [1.29, 1.82) is 0 Å². The van der Waals surface area contributed by atoms with Crippen LogP contribution in [-0.2, 0) is 32.7 Å². The molecule has 93 heavy (non-hydrogen) atoms. The maximum Gasteiger partial charge on any atom is 0.472 e. The second-order valence-electron chi connectivity index (χ2n) is 25.5. The zero-order valence-electron chi connectivity index (χ0n) is 60.2. The van der Waals surface area contributed by atoms with Gasteiger partial charge in [-0.15, -0.1) is 0 Å². The predicted octanol–water partition coefficient (Wildman–Crippen LogP) is 26.0. The Morgan fingerprint density at radius 3 is 0.892 bits per heavy atom. The quantitative estimate of drug-likeness (QED) is 0.0264. The lowest BCUT2D eigenvalue weighted by Gasteiger charge is -2.19. The van der Waals surface area contributed by atoms with E-state index < -0.39 is 26.5 Å². The minimum Gasteiger partial charge on any atom is -0.462 e. The van der Waals surface area contributed by atoms with Crippen LogP contribution in [0.4, 0.5) is 0 Å². The number of allylic oxidation sites excluding steroid dienone is 22. The molecule has 0 bridgehead atoms. The molecule has 0 aliphatic rings. The molecule has 0 fully saturated rings. The van der Waals surface area contributed by atoms with Gasteiger partial charge in [0.25, 0.3) is 0 Å². The van der Waals surface area contributed by atoms with E-state index in [2.05, 4.69) is 148 Å². The lowest BCUT2D eigenvalue weighted by molar-refractivity contribution is -0.161. The Bertz CT molecular complexity index is 1990. The number of rotatable bonds is 72. The largest absolute Gasteiger partial charge is 0.472 e. The van der Waals surface area contributed by atoms with E-state index in [1.807, 2.05) is 0 Å². The van der Waals surface area contributed by atoms with Crippen LogP contribution in [0.3, 0.4) is 0 Å². The molecule has 2 unspecified atom stereocenters. The van der Waals surface area contributed by atoms with Gasteiger partial charge in [0.2, 0.25) is 0 Å². The summed E-state index contributed by atoms with van der Waals surface area (Å²) >= 11 is 0. The topological polar surface area (TPSA) is 134 Å². The minimum atomic E-state index is -4.40. The molecule has 0 aliphatic carbocycles. The van der Waals surface area contributed by atoms with Crippen molar-refractivity contribution in [2.24, 2.45) is 5.73 Å². The third kappa shape index (κ3) is 77.0. The van der Waals surface area contributed by atoms with E-state index in [0.29, 0.717) is 6.42 Å². The maximum absolute atomic E-state index is 12.8. The van der Waals surface area contributed by atoms with Crippen molar-refractivity contribution in [2.75, 3.05) is 26.4 Å². The van der Waals surface area contributed by atoms with Gasteiger partial charge in [0.15, 0.2) is 6.10 Å². The van der Waals surface area contributed by atoms with Crippen LogP contribution in [0.1, 0.15) is 348 Å². The molecule has 0 amide bonds. The number of hydrogen-bond donors (Lipinski definition) is 2. The molecule has 0 aromatic heterocycles. The standard InChI is InChI=1S/C83H144NO8P/c1-3-5-7-9-11-13-15-17-19-21-23-25-27-29-31-33-35-36-37-38-39-40-41-42-43-44-46-48-50-52-54-56-58-60-62-64-66-68-70-72-74-76-83(86)92-81(80-91-93(87,88)90-78-77-84)79-89-82(85)75-73-71-69-67-65-63-61-59-57-55-53-51-49-47-45-34-32-30-28-26-24-22-20-18-16-14-12-10-8-6-4-2/h5,7,11,13,17,19,22-25,29,31,35-36,38-39,41-42,44,46,50,52,81H,3-4,6,8-10,12,14-16,18,20-21,26-28,30,32-34,37,40,43,45,47-49,51,53-80,84H2,1-2H3,(H,87,88)/b7-5-,13-11-,19-17-,24-22-,25-23-,31-29-,36-35-,39-38-,42-41-,46-44-,52-50-. The van der Waals surface area contributed by atoms with Gasteiger partial charge < -0.3 is 20.1 Å². The molecule has 0 saturated carbocycles. The Morgan fingerprint density at radius 2 is 0.591 bits per heavy atom. The third-order valence-corrected chi connectivity index (χ3v) is 17.5. The van der Waals surface area contributed by atoms with Crippen LogP contribution >= 0.6 is 7.82 Å². The Labute approximate surface area is 574 Å². The SMILES string of the molecule is CC/C=C\C/C=C\C/C=C\C/C=C\C/C=C\C/C=C\C/C=C\C/C=C\C/C=C\C/C=C\CCCCCCCCCCCCC(=O)OC(COC(=O)CCCCCCCCCCCCCCCCCCCCC/C=C\CCCCCCCCCC)COP(=O)(O)OCCN. The van der Waals surface area contributed by atoms with Crippen molar-refractivity contribution < 1.29 is 37.6 Å². The molecule has 0 rings (SSSR count). The summed E-state index contributed by atoms with van der Waals surface area (Å²) in [5.74, 6) is -0.825. The molecule has 2 atom stereocenters. The zero-order valence-corrected chi connectivity index (χ0v) is 61.1. The van der Waals surface area contributed by atoms with Crippen molar-refractivity contribution in [3.8, 4) is 0 Å². The van der Waals surface area contributed by atoms with Gasteiger partial charge in [-0.1, -0.05) is 353 Å². The van der Waals surface area contributed by atoms with Gasteiger partial charge in [-0.05, 0) is 116 Å². The smallest absolute Gasteiger partial charge is 0.462 e. The van der Waals surface area contributed by atoms with Crippen molar-refractivity contribution in [1.82, 2.24) is 0 Å². The van der Waals surface area contributed by atoms with Gasteiger partial charge >= 0.3 is 19.8 Å². The molecule has 0 radical (unpaired) electrons. The molecule has 0 aromatic carbocycles. The summed E-state index contributed by atoms with van der Waals surface area (Å²) in [6.07, 6.45) is 110. The number of phosphoric ester groups is 1. The molecule has 9 nitrogen and oxygen atoms in total. The molecule has 0 aliphatic heterocycles. The number of carbonyl (C=O) groups excluding carboxylic acids is 2. The van der Waals surface area contributed by atoms with Gasteiger partial charge in [-0.3, -0.25) is 18.6 Å². The van der Waals surface area contributed by atoms with Crippen molar-refractivity contribution >= 4 is 19.8 Å². The highest BCUT2D eigenvalue weighted by Crippen LogP contribution is 2.43. The van der Waals surface area contributed by atoms with Gasteiger partial charge in [-0.2, -0.15) is 0 Å². The van der Waals surface area contributed by atoms with E-state index >= 15 is 0 Å². The van der Waals surface area contributed by atoms with E-state index in [1.54, 1.807) is 0 Å². The summed E-state index contributed by atoms with van der Waals surface area (Å²) in [6, 6.07) is 0. The zero-order chi connectivity index (χ0) is 67.2. The molecule has 534 valence electrons. The van der Waals surface area contributed by atoms with E-state index in [4.69, 9.17) is 24.3 Å². The highest BCUT2D eigenvalue weighted by atomic mass is 31.2. The van der Waals surface area contributed by atoms with Crippen LogP contribution in [0, 0.1) is 0 Å². The average molecular weight is 1320 g/mol. The molecule has 0 heterocycles. The van der Waals surface area contributed by atoms with Gasteiger partial charge in [0.1, 0.15) is 6.61 Å². The lowest BCUT2D eigenvalue weighted by atomic mass is 10.0. The van der Waals surface area contributed by atoms with Crippen LogP contribution in [-0.4, -0.2) is 49.3 Å². The maximum atomic E-state index is 12.8. The fourth-order valence-electron chi connectivity index (χ4n) is 10.8. The Balaban J connectivity index is 3.89. The summed E-state index contributed by atoms with van der Waals surface area (Å²) in [6.45, 7) is 3.66. The van der Waals surface area contributed by atoms with E-state index in [1.165, 1.54) is 205 Å². The van der Waals surface area contributed by atoms with E-state index in [9.17, 15) is 19.0 Å². The first-order chi connectivity index (χ1) is 45.8. The summed E-state index contributed by atoms with van der Waals surface area (Å²) in [4.78, 5) is 35.4. The molecule has 0 saturated heterocycles. The summed E-state index contributed by atoms with van der Waals surface area (Å²) < 4.78 is 33.2. The molecular weight excluding hydrogens is 1170 g/mol. The fraction of sp³-hybridized carbons (Fsp3) is 0.711. The van der Waals surface area contributed by atoms with Crippen LogP contribution < -0.4 is 5.73 Å². The highest BCUT2D eigenvalue weighted by Gasteiger charge is 2.26. The monoisotopic (exact) mass is 1310 g/mol. The molecular formula is C83H144NO8P. The summed E-state index contributed by atoms with van der Waals surface area (Å²) in [7, 11) is -4.40. The van der Waals surface area contributed by atoms with Crippen LogP contribution in [0.15, 0.2) is 134 Å². The second-order valence-corrected chi connectivity index (χ2v) is 26.9. The molecule has 3 N–H and O–H groups in total. The normalized spacial score (nSPS) is 13.6. The van der Waals surface area contributed by atoms with Gasteiger partial charge in [0, 0.05) is 19.4 Å². The van der Waals surface area contributed by atoms with Crippen LogP contribution in [0.5, 0.6) is 0 Å². The second kappa shape index (κ2) is 77.2. The number of phosphoric acid groups is 1. The van der Waals surface area contributed by atoms with Crippen molar-refractivity contribution in [3.05, 3.63) is 134 Å².